The van der Waals surface area contributed by atoms with Crippen molar-refractivity contribution in [2.24, 2.45) is 0 Å². The topological polar surface area (TPSA) is 90.9 Å². The maximum atomic E-state index is 11.6. The van der Waals surface area contributed by atoms with Crippen molar-refractivity contribution in [2.75, 3.05) is 5.32 Å². The molecule has 6 nitrogen and oxygen atoms in total. The summed E-state index contributed by atoms with van der Waals surface area (Å²) < 4.78 is 0. The second-order valence-corrected chi connectivity index (χ2v) is 3.21. The van der Waals surface area contributed by atoms with Crippen molar-refractivity contribution in [2.45, 2.75) is 6.92 Å². The van der Waals surface area contributed by atoms with Crippen LogP contribution in [0.1, 0.15) is 16.3 Å². The fourth-order valence-electron chi connectivity index (χ4n) is 1.20. The minimum absolute atomic E-state index is 0.0768. The van der Waals surface area contributed by atoms with E-state index in [1.807, 2.05) is 0 Å². The van der Waals surface area contributed by atoms with Crippen LogP contribution >= 0.6 is 0 Å². The van der Waals surface area contributed by atoms with Gasteiger partial charge in [-0.3, -0.25) is 4.79 Å². The molecule has 0 saturated carbocycles. The summed E-state index contributed by atoms with van der Waals surface area (Å²) >= 11 is 0. The molecular weight excluding hydrogens is 208 g/mol. The van der Waals surface area contributed by atoms with Gasteiger partial charge in [-0.15, -0.1) is 0 Å². The quantitative estimate of drug-likeness (QED) is 0.703. The maximum absolute atomic E-state index is 11.6. The zero-order valence-electron chi connectivity index (χ0n) is 8.56. The molecule has 0 spiro atoms. The molecule has 2 aromatic rings. The van der Waals surface area contributed by atoms with E-state index in [1.54, 1.807) is 13.0 Å². The van der Waals surface area contributed by atoms with Gasteiger partial charge in [0.2, 0.25) is 0 Å². The van der Waals surface area contributed by atoms with Crippen LogP contribution in [0.5, 0.6) is 5.75 Å². The maximum Gasteiger partial charge on any atom is 0.274 e. The Balaban J connectivity index is 2.17. The SMILES string of the molecule is Cc1ncc(C(=O)Nc2ncccc2O)[nH]1. The van der Waals surface area contributed by atoms with Crippen LogP contribution in [0.4, 0.5) is 5.82 Å². The summed E-state index contributed by atoms with van der Waals surface area (Å²) in [6.07, 6.45) is 2.90. The third kappa shape index (κ3) is 2.00. The number of amides is 1. The van der Waals surface area contributed by atoms with Crippen LogP contribution in [0, 0.1) is 6.92 Å². The molecule has 0 bridgehead atoms. The molecule has 1 amide bonds. The predicted octanol–water partition coefficient (Wildman–Crippen LogP) is 1.07. The van der Waals surface area contributed by atoms with Crippen molar-refractivity contribution in [1.29, 1.82) is 0 Å². The van der Waals surface area contributed by atoms with Crippen LogP contribution in [0.2, 0.25) is 0 Å². The van der Waals surface area contributed by atoms with E-state index in [2.05, 4.69) is 20.3 Å². The van der Waals surface area contributed by atoms with Gasteiger partial charge in [0.25, 0.3) is 5.91 Å². The molecule has 2 rings (SSSR count). The number of carbonyl (C=O) groups is 1. The van der Waals surface area contributed by atoms with Gasteiger partial charge >= 0.3 is 0 Å². The molecule has 3 N–H and O–H groups in total. The van der Waals surface area contributed by atoms with Crippen LogP contribution in [0.3, 0.4) is 0 Å². The lowest BCUT2D eigenvalue weighted by Gasteiger charge is -2.03. The second-order valence-electron chi connectivity index (χ2n) is 3.21. The third-order valence-corrected chi connectivity index (χ3v) is 1.97. The number of pyridine rings is 1. The van der Waals surface area contributed by atoms with Crippen molar-refractivity contribution in [3.63, 3.8) is 0 Å². The zero-order chi connectivity index (χ0) is 11.5. The highest BCUT2D eigenvalue weighted by Gasteiger charge is 2.11. The van der Waals surface area contributed by atoms with Gasteiger partial charge in [0.15, 0.2) is 11.6 Å². The van der Waals surface area contributed by atoms with Crippen molar-refractivity contribution in [1.82, 2.24) is 15.0 Å². The standard InChI is InChI=1S/C10H10N4O2/c1-6-12-5-7(13-6)10(16)14-9-8(15)3-2-4-11-9/h2-5,15H,1H3,(H,12,13)(H,11,14,16). The number of hydrogen-bond donors (Lipinski definition) is 3. The van der Waals surface area contributed by atoms with Crippen LogP contribution in [-0.4, -0.2) is 26.0 Å². The molecule has 2 aromatic heterocycles. The van der Waals surface area contributed by atoms with Gasteiger partial charge in [0.1, 0.15) is 11.5 Å². The van der Waals surface area contributed by atoms with Crippen LogP contribution in [0.25, 0.3) is 0 Å². The number of aromatic hydroxyl groups is 1. The van der Waals surface area contributed by atoms with E-state index < -0.39 is 5.91 Å². The van der Waals surface area contributed by atoms with E-state index in [-0.39, 0.29) is 11.6 Å². The zero-order valence-corrected chi connectivity index (χ0v) is 8.56. The number of H-pyrrole nitrogens is 1. The Hall–Kier alpha value is -2.37. The Morgan fingerprint density at radius 1 is 1.50 bits per heavy atom. The molecule has 0 unspecified atom stereocenters. The molecule has 0 atom stereocenters. The monoisotopic (exact) mass is 218 g/mol. The number of anilines is 1. The molecule has 82 valence electrons. The predicted molar refractivity (Wildman–Crippen MR) is 57.2 cm³/mol. The molecule has 0 aliphatic carbocycles. The first-order valence-electron chi connectivity index (χ1n) is 4.64. The third-order valence-electron chi connectivity index (χ3n) is 1.97. The van der Waals surface area contributed by atoms with Gasteiger partial charge in [0.05, 0.1) is 6.20 Å². The van der Waals surface area contributed by atoms with Crippen molar-refractivity contribution >= 4 is 11.7 Å². The van der Waals surface area contributed by atoms with Gasteiger partial charge in [-0.25, -0.2) is 9.97 Å². The number of hydrogen-bond acceptors (Lipinski definition) is 4. The lowest BCUT2D eigenvalue weighted by atomic mass is 10.4. The molecule has 0 aliphatic heterocycles. The molecule has 0 saturated heterocycles. The summed E-state index contributed by atoms with van der Waals surface area (Å²) in [4.78, 5) is 22.2. The summed E-state index contributed by atoms with van der Waals surface area (Å²) in [6.45, 7) is 1.75. The molecule has 0 radical (unpaired) electrons. The summed E-state index contributed by atoms with van der Waals surface area (Å²) in [5, 5.41) is 11.9. The molecule has 16 heavy (non-hydrogen) atoms. The van der Waals surface area contributed by atoms with Gasteiger partial charge in [-0.2, -0.15) is 0 Å². The lowest BCUT2D eigenvalue weighted by Crippen LogP contribution is -2.13. The van der Waals surface area contributed by atoms with Crippen molar-refractivity contribution < 1.29 is 9.90 Å². The van der Waals surface area contributed by atoms with Crippen molar-refractivity contribution in [3.05, 3.63) is 36.0 Å². The summed E-state index contributed by atoms with van der Waals surface area (Å²) in [6, 6.07) is 3.02. The molecule has 6 heteroatoms. The highest BCUT2D eigenvalue weighted by Crippen LogP contribution is 2.18. The largest absolute Gasteiger partial charge is 0.504 e. The highest BCUT2D eigenvalue weighted by molar-refractivity contribution is 6.02. The number of imidazole rings is 1. The Bertz CT molecular complexity index is 521. The second kappa shape index (κ2) is 4.01. The minimum Gasteiger partial charge on any atom is -0.504 e. The van der Waals surface area contributed by atoms with E-state index >= 15 is 0 Å². The van der Waals surface area contributed by atoms with Crippen LogP contribution in [0.15, 0.2) is 24.5 Å². The lowest BCUT2D eigenvalue weighted by molar-refractivity contribution is 0.102. The Morgan fingerprint density at radius 3 is 2.94 bits per heavy atom. The summed E-state index contributed by atoms with van der Waals surface area (Å²) in [7, 11) is 0. The fourth-order valence-corrected chi connectivity index (χ4v) is 1.20. The number of aromatic nitrogens is 3. The average Bonchev–Trinajstić information content (AvgIpc) is 2.68. The Morgan fingerprint density at radius 2 is 2.31 bits per heavy atom. The number of carbonyl (C=O) groups excluding carboxylic acids is 1. The Kier molecular flexibility index (Phi) is 2.55. The van der Waals surface area contributed by atoms with Crippen molar-refractivity contribution in [3.8, 4) is 5.75 Å². The number of aryl methyl sites for hydroxylation is 1. The molecule has 2 heterocycles. The van der Waals surface area contributed by atoms with E-state index in [1.165, 1.54) is 18.5 Å². The van der Waals surface area contributed by atoms with Gasteiger partial charge in [-0.05, 0) is 19.1 Å². The summed E-state index contributed by atoms with van der Waals surface area (Å²) in [5.41, 5.74) is 0.322. The van der Waals surface area contributed by atoms with Gasteiger partial charge < -0.3 is 15.4 Å². The normalized spacial score (nSPS) is 10.1. The van der Waals surface area contributed by atoms with Crippen LogP contribution < -0.4 is 5.32 Å². The number of nitrogens with zero attached hydrogens (tertiary/aromatic N) is 2. The van der Waals surface area contributed by atoms with Gasteiger partial charge in [-0.1, -0.05) is 0 Å². The fraction of sp³-hybridized carbons (Fsp3) is 0.100. The first-order valence-corrected chi connectivity index (χ1v) is 4.64. The number of aromatic amines is 1. The highest BCUT2D eigenvalue weighted by atomic mass is 16.3. The molecule has 0 fully saturated rings. The van der Waals surface area contributed by atoms with E-state index in [9.17, 15) is 9.90 Å². The number of nitrogens with one attached hydrogen (secondary N) is 2. The smallest absolute Gasteiger partial charge is 0.274 e. The molecule has 0 aromatic carbocycles. The van der Waals surface area contributed by atoms with E-state index in [4.69, 9.17) is 0 Å². The summed E-state index contributed by atoms with van der Waals surface area (Å²) in [5.74, 6) is 0.303. The minimum atomic E-state index is -0.394. The van der Waals surface area contributed by atoms with Gasteiger partial charge in [0, 0.05) is 6.20 Å². The first kappa shape index (κ1) is 10.2. The first-order chi connectivity index (χ1) is 7.66. The molecular formula is C10H10N4O2. The Labute approximate surface area is 91.4 Å². The number of rotatable bonds is 2. The molecule has 0 aliphatic rings. The average molecular weight is 218 g/mol. The van der Waals surface area contributed by atoms with E-state index in [0.29, 0.717) is 11.5 Å². The van der Waals surface area contributed by atoms with E-state index in [0.717, 1.165) is 0 Å². The van der Waals surface area contributed by atoms with Crippen LogP contribution in [-0.2, 0) is 0 Å².